The number of rotatable bonds is 2. The Balaban J connectivity index is 2.22. The minimum Gasteiger partial charge on any atom is -0.374 e. The smallest absolute Gasteiger partial charge is 0.176 e. The standard InChI is InChI=1S/C16H19N3O2/c1-9-11-13(19-18-9)15(21-4)16(2,3)12(14(11)20)10-7-5-6-8-17-10/h5-8,12,15H,1-4H3,(H,18,19). The fourth-order valence-electron chi connectivity index (χ4n) is 3.41. The molecule has 0 saturated carbocycles. The van der Waals surface area contributed by atoms with Gasteiger partial charge in [0.15, 0.2) is 5.78 Å². The molecule has 2 aromatic heterocycles. The van der Waals surface area contributed by atoms with Gasteiger partial charge in [0.2, 0.25) is 0 Å². The topological polar surface area (TPSA) is 67.9 Å². The average Bonchev–Trinajstić information content (AvgIpc) is 2.81. The highest BCUT2D eigenvalue weighted by Crippen LogP contribution is 2.52. The Labute approximate surface area is 123 Å². The number of fused-ring (bicyclic) bond motifs is 1. The SMILES string of the molecule is COC1c2n[nH]c(C)c2C(=O)C(c2ccccn2)C1(C)C. The third-order valence-electron chi connectivity index (χ3n) is 4.37. The molecule has 2 unspecified atom stereocenters. The molecule has 2 heterocycles. The van der Waals surface area contributed by atoms with Crippen LogP contribution in [0.4, 0.5) is 0 Å². The van der Waals surface area contributed by atoms with E-state index in [4.69, 9.17) is 4.74 Å². The molecule has 1 aliphatic rings. The second-order valence-electron chi connectivity index (χ2n) is 6.10. The largest absolute Gasteiger partial charge is 0.374 e. The first-order chi connectivity index (χ1) is 9.98. The number of carbonyl (C=O) groups excluding carboxylic acids is 1. The minimum atomic E-state index is -0.422. The van der Waals surface area contributed by atoms with Gasteiger partial charge in [0.05, 0.1) is 17.2 Å². The third kappa shape index (κ3) is 1.92. The number of aromatic amines is 1. The molecule has 0 amide bonds. The maximum absolute atomic E-state index is 13.0. The number of carbonyl (C=O) groups is 1. The van der Waals surface area contributed by atoms with E-state index >= 15 is 0 Å². The van der Waals surface area contributed by atoms with Gasteiger partial charge in [-0.1, -0.05) is 19.9 Å². The summed E-state index contributed by atoms with van der Waals surface area (Å²) in [6.07, 6.45) is 1.47. The van der Waals surface area contributed by atoms with Gasteiger partial charge in [-0.2, -0.15) is 5.10 Å². The number of hydrogen-bond acceptors (Lipinski definition) is 4. The van der Waals surface area contributed by atoms with E-state index in [1.165, 1.54) is 0 Å². The highest BCUT2D eigenvalue weighted by Gasteiger charge is 2.51. The Morgan fingerprint density at radius 3 is 2.71 bits per heavy atom. The van der Waals surface area contributed by atoms with E-state index in [1.807, 2.05) is 39.0 Å². The summed E-state index contributed by atoms with van der Waals surface area (Å²) in [7, 11) is 1.66. The molecule has 21 heavy (non-hydrogen) atoms. The molecule has 0 fully saturated rings. The van der Waals surface area contributed by atoms with Crippen molar-refractivity contribution in [3.05, 3.63) is 47.0 Å². The Morgan fingerprint density at radius 1 is 1.33 bits per heavy atom. The zero-order valence-corrected chi connectivity index (χ0v) is 12.7. The van der Waals surface area contributed by atoms with Gasteiger partial charge in [-0.05, 0) is 19.1 Å². The number of ether oxygens (including phenoxy) is 1. The van der Waals surface area contributed by atoms with Gasteiger partial charge in [0, 0.05) is 24.4 Å². The van der Waals surface area contributed by atoms with Gasteiger partial charge in [-0.25, -0.2) is 0 Å². The van der Waals surface area contributed by atoms with Crippen molar-refractivity contribution in [1.82, 2.24) is 15.2 Å². The van der Waals surface area contributed by atoms with E-state index in [0.29, 0.717) is 11.3 Å². The van der Waals surface area contributed by atoms with Crippen LogP contribution in [0.3, 0.4) is 0 Å². The van der Waals surface area contributed by atoms with Crippen molar-refractivity contribution in [2.45, 2.75) is 32.8 Å². The van der Waals surface area contributed by atoms with Crippen LogP contribution in [-0.2, 0) is 4.74 Å². The zero-order chi connectivity index (χ0) is 15.2. The van der Waals surface area contributed by atoms with Gasteiger partial charge >= 0.3 is 0 Å². The van der Waals surface area contributed by atoms with Crippen LogP contribution < -0.4 is 0 Å². The quantitative estimate of drug-likeness (QED) is 0.921. The lowest BCUT2D eigenvalue weighted by Gasteiger charge is -2.42. The summed E-state index contributed by atoms with van der Waals surface area (Å²) in [6.45, 7) is 5.93. The van der Waals surface area contributed by atoms with E-state index in [9.17, 15) is 4.79 Å². The lowest BCUT2D eigenvalue weighted by atomic mass is 9.64. The second kappa shape index (κ2) is 4.77. The highest BCUT2D eigenvalue weighted by atomic mass is 16.5. The molecule has 3 rings (SSSR count). The molecule has 110 valence electrons. The fraction of sp³-hybridized carbons (Fsp3) is 0.438. The van der Waals surface area contributed by atoms with Crippen molar-refractivity contribution in [2.75, 3.05) is 7.11 Å². The number of pyridine rings is 1. The van der Waals surface area contributed by atoms with Crippen molar-refractivity contribution in [1.29, 1.82) is 0 Å². The van der Waals surface area contributed by atoms with Crippen LogP contribution >= 0.6 is 0 Å². The van der Waals surface area contributed by atoms with Gasteiger partial charge in [-0.3, -0.25) is 14.9 Å². The number of nitrogens with one attached hydrogen (secondary N) is 1. The second-order valence-corrected chi connectivity index (χ2v) is 6.10. The maximum atomic E-state index is 13.0. The number of H-pyrrole nitrogens is 1. The predicted molar refractivity (Wildman–Crippen MR) is 78.2 cm³/mol. The molecule has 0 aromatic carbocycles. The van der Waals surface area contributed by atoms with E-state index in [1.54, 1.807) is 13.3 Å². The van der Waals surface area contributed by atoms with Crippen LogP contribution in [0.1, 0.15) is 53.3 Å². The molecule has 0 aliphatic heterocycles. The summed E-state index contributed by atoms with van der Waals surface area (Å²) in [4.78, 5) is 17.4. The third-order valence-corrected chi connectivity index (χ3v) is 4.37. The first-order valence-electron chi connectivity index (χ1n) is 7.01. The zero-order valence-electron chi connectivity index (χ0n) is 12.7. The van der Waals surface area contributed by atoms with Crippen molar-refractivity contribution in [2.24, 2.45) is 5.41 Å². The van der Waals surface area contributed by atoms with Gasteiger partial charge < -0.3 is 4.74 Å². The summed E-state index contributed by atoms with van der Waals surface area (Å²) >= 11 is 0. The number of methoxy groups -OCH3 is 1. The Morgan fingerprint density at radius 2 is 2.10 bits per heavy atom. The van der Waals surface area contributed by atoms with Crippen LogP contribution in [0.5, 0.6) is 0 Å². The summed E-state index contributed by atoms with van der Waals surface area (Å²) in [5.41, 5.74) is 2.50. The van der Waals surface area contributed by atoms with Crippen LogP contribution in [0.25, 0.3) is 0 Å². The van der Waals surface area contributed by atoms with Crippen molar-refractivity contribution in [3.63, 3.8) is 0 Å². The summed E-state index contributed by atoms with van der Waals surface area (Å²) < 4.78 is 5.68. The van der Waals surface area contributed by atoms with E-state index in [0.717, 1.165) is 11.4 Å². The monoisotopic (exact) mass is 285 g/mol. The molecule has 5 nitrogen and oxygen atoms in total. The van der Waals surface area contributed by atoms with E-state index in [-0.39, 0.29) is 17.8 Å². The molecule has 0 saturated heterocycles. The molecule has 2 aromatic rings. The lowest BCUT2D eigenvalue weighted by molar-refractivity contribution is -0.0173. The van der Waals surface area contributed by atoms with Crippen molar-refractivity contribution < 1.29 is 9.53 Å². The molecular formula is C16H19N3O2. The van der Waals surface area contributed by atoms with Crippen molar-refractivity contribution >= 4 is 5.78 Å². The molecule has 5 heteroatoms. The van der Waals surface area contributed by atoms with Crippen LogP contribution in [0.15, 0.2) is 24.4 Å². The van der Waals surface area contributed by atoms with Gasteiger partial charge in [-0.15, -0.1) is 0 Å². The Hall–Kier alpha value is -2.01. The molecule has 0 radical (unpaired) electrons. The summed E-state index contributed by atoms with van der Waals surface area (Å²) in [5.74, 6) is -0.277. The number of hydrogen-bond donors (Lipinski definition) is 1. The first kappa shape index (κ1) is 13.9. The maximum Gasteiger partial charge on any atom is 0.176 e. The number of aromatic nitrogens is 3. The molecule has 2 atom stereocenters. The van der Waals surface area contributed by atoms with Crippen LogP contribution in [-0.4, -0.2) is 28.1 Å². The molecule has 1 N–H and O–H groups in total. The van der Waals surface area contributed by atoms with E-state index in [2.05, 4.69) is 15.2 Å². The molecule has 1 aliphatic carbocycles. The van der Waals surface area contributed by atoms with Gasteiger partial charge in [0.25, 0.3) is 0 Å². The number of ketones is 1. The molecule has 0 spiro atoms. The first-order valence-corrected chi connectivity index (χ1v) is 7.01. The predicted octanol–water partition coefficient (Wildman–Crippen LogP) is 2.81. The number of aryl methyl sites for hydroxylation is 1. The van der Waals surface area contributed by atoms with Crippen LogP contribution in [0.2, 0.25) is 0 Å². The average molecular weight is 285 g/mol. The molecule has 0 bridgehead atoms. The summed E-state index contributed by atoms with van der Waals surface area (Å²) in [5, 5.41) is 7.20. The minimum absolute atomic E-state index is 0.0632. The molecular weight excluding hydrogens is 266 g/mol. The van der Waals surface area contributed by atoms with Crippen molar-refractivity contribution in [3.8, 4) is 0 Å². The summed E-state index contributed by atoms with van der Waals surface area (Å²) in [6, 6.07) is 5.66. The van der Waals surface area contributed by atoms with Gasteiger partial charge in [0.1, 0.15) is 11.8 Å². The number of Topliss-reactive ketones (excluding diaryl/α,β-unsaturated/α-hetero) is 1. The Kier molecular flexibility index (Phi) is 3.17. The number of nitrogens with zero attached hydrogens (tertiary/aromatic N) is 2. The highest BCUT2D eigenvalue weighted by molar-refractivity contribution is 6.04. The van der Waals surface area contributed by atoms with E-state index < -0.39 is 5.41 Å². The lowest BCUT2D eigenvalue weighted by Crippen LogP contribution is -2.41. The normalized spacial score (nSPS) is 23.9. The fourth-order valence-corrected chi connectivity index (χ4v) is 3.41. The van der Waals surface area contributed by atoms with Crippen LogP contribution in [0, 0.1) is 12.3 Å². The Bertz CT molecular complexity index is 676.